The molecule has 0 saturated carbocycles. The van der Waals surface area contributed by atoms with Crippen LogP contribution in [0.5, 0.6) is 11.5 Å². The van der Waals surface area contributed by atoms with Crippen molar-refractivity contribution in [3.63, 3.8) is 0 Å². The van der Waals surface area contributed by atoms with Gasteiger partial charge in [-0.25, -0.2) is 9.78 Å². The Morgan fingerprint density at radius 1 is 0.846 bits per heavy atom. The summed E-state index contributed by atoms with van der Waals surface area (Å²) in [4.78, 5) is 17.3. The lowest BCUT2D eigenvalue weighted by atomic mass is 10.0. The van der Waals surface area contributed by atoms with E-state index in [1.165, 1.54) is 0 Å². The first-order valence-corrected chi connectivity index (χ1v) is 12.7. The van der Waals surface area contributed by atoms with Gasteiger partial charge < -0.3 is 19.1 Å². The van der Waals surface area contributed by atoms with Gasteiger partial charge in [0.25, 0.3) is 0 Å². The fourth-order valence-corrected chi connectivity index (χ4v) is 5.00. The summed E-state index contributed by atoms with van der Waals surface area (Å²) in [7, 11) is 1.62. The zero-order valence-electron chi connectivity index (χ0n) is 21.4. The second-order valence-electron chi connectivity index (χ2n) is 9.29. The van der Waals surface area contributed by atoms with E-state index in [9.17, 15) is 9.90 Å². The van der Waals surface area contributed by atoms with E-state index in [1.54, 1.807) is 7.11 Å². The van der Waals surface area contributed by atoms with Gasteiger partial charge in [0, 0.05) is 28.4 Å². The SMILES string of the molecule is COc1cccc(Cn2c(C(=O)O)c(-c3ccc(OCc4ccc5ccccc5n4)cc3)c3ccccc32)c1. The summed E-state index contributed by atoms with van der Waals surface area (Å²) in [6.07, 6.45) is 0. The molecule has 0 bridgehead atoms. The Labute approximate surface area is 225 Å². The quantitative estimate of drug-likeness (QED) is 0.233. The number of carboxylic acid groups (broad SMARTS) is 1. The highest BCUT2D eigenvalue weighted by molar-refractivity contribution is 6.08. The number of nitrogens with zero attached hydrogens (tertiary/aromatic N) is 2. The number of ether oxygens (including phenoxy) is 2. The molecular formula is C33H26N2O4. The second kappa shape index (κ2) is 10.3. The van der Waals surface area contributed by atoms with Crippen LogP contribution in [0.4, 0.5) is 0 Å². The number of benzene rings is 4. The summed E-state index contributed by atoms with van der Waals surface area (Å²) < 4.78 is 13.2. The van der Waals surface area contributed by atoms with Gasteiger partial charge in [-0.2, -0.15) is 0 Å². The molecule has 0 radical (unpaired) electrons. The highest BCUT2D eigenvalue weighted by Crippen LogP contribution is 2.36. The maximum absolute atomic E-state index is 12.6. The van der Waals surface area contributed by atoms with Crippen LogP contribution in [0.1, 0.15) is 21.7 Å². The Bertz CT molecular complexity index is 1810. The smallest absolute Gasteiger partial charge is 0.353 e. The molecule has 0 aliphatic carbocycles. The van der Waals surface area contributed by atoms with Gasteiger partial charge in [-0.15, -0.1) is 0 Å². The molecule has 0 spiro atoms. The topological polar surface area (TPSA) is 73.6 Å². The van der Waals surface area contributed by atoms with E-state index in [0.717, 1.165) is 44.4 Å². The lowest BCUT2D eigenvalue weighted by Crippen LogP contribution is -2.10. The van der Waals surface area contributed by atoms with Gasteiger partial charge in [0.1, 0.15) is 23.8 Å². The van der Waals surface area contributed by atoms with Crippen LogP contribution in [-0.2, 0) is 13.2 Å². The Morgan fingerprint density at radius 3 is 2.46 bits per heavy atom. The van der Waals surface area contributed by atoms with Crippen LogP contribution in [0.15, 0.2) is 109 Å². The number of methoxy groups -OCH3 is 1. The van der Waals surface area contributed by atoms with E-state index in [2.05, 4.69) is 4.98 Å². The number of fused-ring (bicyclic) bond motifs is 2. The fourth-order valence-electron chi connectivity index (χ4n) is 5.00. The summed E-state index contributed by atoms with van der Waals surface area (Å²) >= 11 is 0. The monoisotopic (exact) mass is 514 g/mol. The summed E-state index contributed by atoms with van der Waals surface area (Å²) in [5, 5.41) is 12.3. The number of aromatic carboxylic acids is 1. The maximum Gasteiger partial charge on any atom is 0.353 e. The molecule has 0 amide bonds. The minimum atomic E-state index is -0.980. The molecule has 0 atom stereocenters. The average molecular weight is 515 g/mol. The van der Waals surface area contributed by atoms with Crippen LogP contribution < -0.4 is 9.47 Å². The summed E-state index contributed by atoms with van der Waals surface area (Å²) in [5.74, 6) is 0.438. The van der Waals surface area contributed by atoms with Crippen LogP contribution in [0.25, 0.3) is 32.9 Å². The molecule has 4 aromatic carbocycles. The number of pyridine rings is 1. The van der Waals surface area contributed by atoms with Gasteiger partial charge in [0.15, 0.2) is 0 Å². The number of hydrogen-bond donors (Lipinski definition) is 1. The molecule has 192 valence electrons. The molecule has 0 aliphatic heterocycles. The van der Waals surface area contributed by atoms with Crippen molar-refractivity contribution >= 4 is 27.8 Å². The summed E-state index contributed by atoms with van der Waals surface area (Å²) in [6.45, 7) is 0.740. The fraction of sp³-hybridized carbons (Fsp3) is 0.0909. The van der Waals surface area contributed by atoms with Gasteiger partial charge in [0.2, 0.25) is 0 Å². The average Bonchev–Trinajstić information content (AvgIpc) is 3.30. The van der Waals surface area contributed by atoms with Crippen LogP contribution in [0, 0.1) is 0 Å². The lowest BCUT2D eigenvalue weighted by molar-refractivity contribution is 0.0687. The minimum absolute atomic E-state index is 0.244. The van der Waals surface area contributed by atoms with Gasteiger partial charge in [0.05, 0.1) is 18.3 Å². The predicted molar refractivity (Wildman–Crippen MR) is 153 cm³/mol. The molecule has 1 N–H and O–H groups in total. The van der Waals surface area contributed by atoms with E-state index in [1.807, 2.05) is 114 Å². The van der Waals surface area contributed by atoms with E-state index >= 15 is 0 Å². The van der Waals surface area contributed by atoms with Gasteiger partial charge in [-0.1, -0.05) is 66.7 Å². The highest BCUT2D eigenvalue weighted by Gasteiger charge is 2.23. The van der Waals surface area contributed by atoms with E-state index in [4.69, 9.17) is 9.47 Å². The molecular weight excluding hydrogens is 488 g/mol. The normalized spacial score (nSPS) is 11.1. The number of hydrogen-bond acceptors (Lipinski definition) is 4. The van der Waals surface area contributed by atoms with Crippen LogP contribution in [0.2, 0.25) is 0 Å². The first-order chi connectivity index (χ1) is 19.1. The number of rotatable bonds is 8. The zero-order chi connectivity index (χ0) is 26.8. The van der Waals surface area contributed by atoms with E-state index in [0.29, 0.717) is 24.5 Å². The van der Waals surface area contributed by atoms with Crippen molar-refractivity contribution in [1.82, 2.24) is 9.55 Å². The third-order valence-corrected chi connectivity index (χ3v) is 6.83. The Kier molecular flexibility index (Phi) is 6.43. The summed E-state index contributed by atoms with van der Waals surface area (Å²) in [6, 6.07) is 35.0. The maximum atomic E-state index is 12.6. The Hall–Kier alpha value is -5.10. The molecule has 2 heterocycles. The van der Waals surface area contributed by atoms with Gasteiger partial charge in [-0.3, -0.25) is 0 Å². The number of aromatic nitrogens is 2. The number of para-hydroxylation sites is 2. The van der Waals surface area contributed by atoms with Crippen molar-refractivity contribution in [2.24, 2.45) is 0 Å². The molecule has 2 aromatic heterocycles. The van der Waals surface area contributed by atoms with Crippen molar-refractivity contribution in [2.45, 2.75) is 13.2 Å². The number of carbonyl (C=O) groups is 1. The van der Waals surface area contributed by atoms with Crippen molar-refractivity contribution in [2.75, 3.05) is 7.11 Å². The lowest BCUT2D eigenvalue weighted by Gasteiger charge is -2.11. The van der Waals surface area contributed by atoms with E-state index < -0.39 is 5.97 Å². The van der Waals surface area contributed by atoms with Crippen molar-refractivity contribution < 1.29 is 19.4 Å². The zero-order valence-corrected chi connectivity index (χ0v) is 21.4. The third-order valence-electron chi connectivity index (χ3n) is 6.83. The predicted octanol–water partition coefficient (Wildman–Crippen LogP) is 7.19. The number of carboxylic acids is 1. The first kappa shape index (κ1) is 24.2. The van der Waals surface area contributed by atoms with Crippen molar-refractivity contribution in [3.8, 4) is 22.6 Å². The first-order valence-electron chi connectivity index (χ1n) is 12.7. The highest BCUT2D eigenvalue weighted by atomic mass is 16.5. The molecule has 6 heteroatoms. The molecule has 0 unspecified atom stereocenters. The Balaban J connectivity index is 1.32. The van der Waals surface area contributed by atoms with Crippen LogP contribution in [-0.4, -0.2) is 27.7 Å². The molecule has 0 aliphatic rings. The van der Waals surface area contributed by atoms with Crippen LogP contribution >= 0.6 is 0 Å². The van der Waals surface area contributed by atoms with Crippen molar-refractivity contribution in [3.05, 3.63) is 126 Å². The molecule has 6 aromatic rings. The molecule has 0 fully saturated rings. The minimum Gasteiger partial charge on any atom is -0.497 e. The molecule has 6 rings (SSSR count). The third kappa shape index (κ3) is 4.80. The van der Waals surface area contributed by atoms with Crippen molar-refractivity contribution in [1.29, 1.82) is 0 Å². The molecule has 0 saturated heterocycles. The molecule has 39 heavy (non-hydrogen) atoms. The second-order valence-corrected chi connectivity index (χ2v) is 9.29. The summed E-state index contributed by atoms with van der Waals surface area (Å²) in [5.41, 5.74) is 5.32. The van der Waals surface area contributed by atoms with E-state index in [-0.39, 0.29) is 5.69 Å². The van der Waals surface area contributed by atoms with Gasteiger partial charge >= 0.3 is 5.97 Å². The van der Waals surface area contributed by atoms with Gasteiger partial charge in [-0.05, 0) is 53.6 Å². The Morgan fingerprint density at radius 2 is 1.64 bits per heavy atom. The molecule has 6 nitrogen and oxygen atoms in total. The van der Waals surface area contributed by atoms with Crippen LogP contribution in [0.3, 0.4) is 0 Å². The largest absolute Gasteiger partial charge is 0.497 e. The standard InChI is InChI=1S/C33H26N2O4/c1-38-27-9-6-7-22(19-27)20-35-30-12-5-3-10-28(30)31(32(35)33(36)37)24-14-17-26(18-15-24)39-21-25-16-13-23-8-2-4-11-29(23)34-25/h2-19H,20-21H2,1H3,(H,36,37).